The fourth-order valence-corrected chi connectivity index (χ4v) is 6.18. The van der Waals surface area contributed by atoms with Crippen LogP contribution in [-0.2, 0) is 14.3 Å². The molecule has 0 spiro atoms. The van der Waals surface area contributed by atoms with Crippen molar-refractivity contribution in [1.29, 1.82) is 0 Å². The predicted octanol–water partition coefficient (Wildman–Crippen LogP) is 4.21. The first kappa shape index (κ1) is 19.9. The Morgan fingerprint density at radius 3 is 2.77 bits per heavy atom. The summed E-state index contributed by atoms with van der Waals surface area (Å²) in [6, 6.07) is 0. The molecule has 3 rings (SSSR count). The van der Waals surface area contributed by atoms with Crippen LogP contribution in [0, 0.1) is 22.7 Å². The third-order valence-electron chi connectivity index (χ3n) is 7.20. The minimum atomic E-state index is -0.984. The van der Waals surface area contributed by atoms with Crippen molar-refractivity contribution < 1.29 is 19.4 Å². The van der Waals surface area contributed by atoms with E-state index in [0.29, 0.717) is 12.0 Å². The smallest absolute Gasteiger partial charge is 0.333 e. The second-order valence-electron chi connectivity index (χ2n) is 8.83. The summed E-state index contributed by atoms with van der Waals surface area (Å²) in [6.07, 6.45) is 6.53. The normalized spacial score (nSPS) is 44.1. The third kappa shape index (κ3) is 2.85. The quantitative estimate of drug-likeness (QED) is 0.449. The number of hydrogen-bond donors (Lipinski definition) is 1. The van der Waals surface area contributed by atoms with Crippen LogP contribution in [0.25, 0.3) is 0 Å². The first-order valence-corrected chi connectivity index (χ1v) is 9.99. The minimum absolute atomic E-state index is 0.0184. The largest absolute Gasteiger partial charge is 0.466 e. The summed E-state index contributed by atoms with van der Waals surface area (Å²) >= 11 is 6.89. The average Bonchev–Trinajstić information content (AvgIpc) is 2.83. The number of allylic oxidation sites excluding steroid dienone is 3. The molecule has 2 fully saturated rings. The Hall–Kier alpha value is -0.840. The first-order valence-electron chi connectivity index (χ1n) is 9.55. The van der Waals surface area contributed by atoms with Gasteiger partial charge in [-0.15, -0.1) is 11.6 Å². The average molecular weight is 383 g/mol. The summed E-state index contributed by atoms with van der Waals surface area (Å²) < 4.78 is 10.9. The van der Waals surface area contributed by atoms with E-state index in [9.17, 15) is 9.90 Å². The molecule has 1 saturated heterocycles. The van der Waals surface area contributed by atoms with Crippen LogP contribution in [0.15, 0.2) is 23.3 Å². The number of ether oxygens (including phenoxy) is 2. The van der Waals surface area contributed by atoms with Crippen LogP contribution < -0.4 is 0 Å². The molecular formula is C21H31ClO4. The lowest BCUT2D eigenvalue weighted by Crippen LogP contribution is -2.58. The van der Waals surface area contributed by atoms with E-state index in [2.05, 4.69) is 33.8 Å². The van der Waals surface area contributed by atoms with E-state index in [4.69, 9.17) is 21.1 Å². The van der Waals surface area contributed by atoms with Gasteiger partial charge in [0.05, 0.1) is 13.2 Å². The molecule has 5 heteroatoms. The highest BCUT2D eigenvalue weighted by Gasteiger charge is 2.67. The van der Waals surface area contributed by atoms with Gasteiger partial charge in [0.15, 0.2) is 6.29 Å². The molecule has 2 aliphatic carbocycles. The molecule has 1 aliphatic heterocycles. The number of aliphatic hydroxyl groups is 1. The number of alkyl halides is 1. The van der Waals surface area contributed by atoms with Gasteiger partial charge in [-0.25, -0.2) is 4.79 Å². The van der Waals surface area contributed by atoms with E-state index in [0.717, 1.165) is 19.3 Å². The second-order valence-corrected chi connectivity index (χ2v) is 9.35. The van der Waals surface area contributed by atoms with Crippen LogP contribution in [0.5, 0.6) is 0 Å². The lowest BCUT2D eigenvalue weighted by Gasteiger charge is -2.58. The van der Waals surface area contributed by atoms with Gasteiger partial charge in [0.2, 0.25) is 0 Å². The van der Waals surface area contributed by atoms with Crippen LogP contribution in [0.1, 0.15) is 53.4 Å². The van der Waals surface area contributed by atoms with Crippen molar-refractivity contribution in [3.63, 3.8) is 0 Å². The van der Waals surface area contributed by atoms with Gasteiger partial charge in [0.25, 0.3) is 0 Å². The van der Waals surface area contributed by atoms with Crippen LogP contribution >= 0.6 is 11.6 Å². The molecule has 0 amide bonds. The molecule has 1 heterocycles. The van der Waals surface area contributed by atoms with E-state index >= 15 is 0 Å². The number of carbonyl (C=O) groups excluding carboxylic acids is 1. The third-order valence-corrected chi connectivity index (χ3v) is 7.88. The molecule has 7 unspecified atom stereocenters. The molecule has 1 saturated carbocycles. The maximum atomic E-state index is 12.3. The summed E-state index contributed by atoms with van der Waals surface area (Å²) in [5.41, 5.74) is 1.47. The zero-order valence-electron chi connectivity index (χ0n) is 16.4. The van der Waals surface area contributed by atoms with Gasteiger partial charge in [0, 0.05) is 22.3 Å². The molecule has 0 bridgehead atoms. The molecular weight excluding hydrogens is 352 g/mol. The topological polar surface area (TPSA) is 55.8 Å². The SMILES string of the molecule is COC(=O)C1=CCC2C(C)(CCC=C(C)C)C(Cl)CC3OC(O)C1C32C. The molecule has 0 radical (unpaired) electrons. The van der Waals surface area contributed by atoms with Crippen molar-refractivity contribution in [2.24, 2.45) is 22.7 Å². The number of carbonyl (C=O) groups is 1. The zero-order chi connectivity index (χ0) is 19.3. The maximum absolute atomic E-state index is 12.3. The van der Waals surface area contributed by atoms with Gasteiger partial charge in [-0.2, -0.15) is 0 Å². The zero-order valence-corrected chi connectivity index (χ0v) is 17.2. The van der Waals surface area contributed by atoms with E-state index in [1.165, 1.54) is 12.7 Å². The fourth-order valence-electron chi connectivity index (χ4n) is 5.75. The molecule has 3 aliphatic rings. The van der Waals surface area contributed by atoms with Gasteiger partial charge < -0.3 is 14.6 Å². The maximum Gasteiger partial charge on any atom is 0.333 e. The van der Waals surface area contributed by atoms with E-state index in [1.807, 2.05) is 6.08 Å². The number of esters is 1. The van der Waals surface area contributed by atoms with Crippen molar-refractivity contribution in [2.75, 3.05) is 7.11 Å². The Bertz CT molecular complexity index is 638. The second kappa shape index (κ2) is 6.96. The number of hydrogen-bond acceptors (Lipinski definition) is 4. The van der Waals surface area contributed by atoms with Gasteiger partial charge in [0.1, 0.15) is 0 Å². The lowest BCUT2D eigenvalue weighted by molar-refractivity contribution is -0.140. The summed E-state index contributed by atoms with van der Waals surface area (Å²) in [5, 5.41) is 10.6. The standard InChI is InChI=1S/C21H31ClO4/c1-12(2)7-6-10-20(3)14-9-8-13(18(23)25-5)17-19(24)26-16(11-15(20)22)21(14,17)4/h7-8,14-17,19,24H,6,9-11H2,1-5H3. The van der Waals surface area contributed by atoms with Gasteiger partial charge in [-0.3, -0.25) is 0 Å². The molecule has 0 aromatic heterocycles. The first-order chi connectivity index (χ1) is 12.2. The number of methoxy groups -OCH3 is 1. The molecule has 26 heavy (non-hydrogen) atoms. The highest BCUT2D eigenvalue weighted by molar-refractivity contribution is 6.21. The fraction of sp³-hybridized carbons (Fsp3) is 0.762. The van der Waals surface area contributed by atoms with Gasteiger partial charge >= 0.3 is 5.97 Å². The Balaban J connectivity index is 2.00. The lowest BCUT2D eigenvalue weighted by atomic mass is 9.47. The summed E-state index contributed by atoms with van der Waals surface area (Å²) in [4.78, 5) is 12.3. The van der Waals surface area contributed by atoms with Crippen molar-refractivity contribution in [1.82, 2.24) is 0 Å². The van der Waals surface area contributed by atoms with Crippen LogP contribution in [0.3, 0.4) is 0 Å². The molecule has 7 atom stereocenters. The molecule has 0 aromatic carbocycles. The predicted molar refractivity (Wildman–Crippen MR) is 102 cm³/mol. The minimum Gasteiger partial charge on any atom is -0.466 e. The summed E-state index contributed by atoms with van der Waals surface area (Å²) in [5.74, 6) is -0.472. The summed E-state index contributed by atoms with van der Waals surface area (Å²) in [7, 11) is 1.39. The van der Waals surface area contributed by atoms with E-state index in [-0.39, 0.29) is 40.1 Å². The van der Waals surface area contributed by atoms with Crippen molar-refractivity contribution in [3.05, 3.63) is 23.3 Å². The Morgan fingerprint density at radius 2 is 2.15 bits per heavy atom. The Kier molecular flexibility index (Phi) is 5.33. The highest BCUT2D eigenvalue weighted by Crippen LogP contribution is 2.66. The van der Waals surface area contributed by atoms with E-state index in [1.54, 1.807) is 0 Å². The number of aliphatic hydroxyl groups excluding tert-OH is 1. The number of halogens is 1. The number of rotatable bonds is 4. The monoisotopic (exact) mass is 382 g/mol. The van der Waals surface area contributed by atoms with Crippen molar-refractivity contribution >= 4 is 17.6 Å². The molecule has 4 nitrogen and oxygen atoms in total. The van der Waals surface area contributed by atoms with Gasteiger partial charge in [-0.05, 0) is 50.9 Å². The van der Waals surface area contributed by atoms with Crippen molar-refractivity contribution in [2.45, 2.75) is 71.1 Å². The summed E-state index contributed by atoms with van der Waals surface area (Å²) in [6.45, 7) is 8.67. The molecule has 146 valence electrons. The Morgan fingerprint density at radius 1 is 1.46 bits per heavy atom. The van der Waals surface area contributed by atoms with Crippen LogP contribution in [0.4, 0.5) is 0 Å². The van der Waals surface area contributed by atoms with Crippen LogP contribution in [0.2, 0.25) is 0 Å². The van der Waals surface area contributed by atoms with Crippen LogP contribution in [-0.4, -0.2) is 36.0 Å². The highest BCUT2D eigenvalue weighted by atomic mass is 35.5. The Labute approximate surface area is 161 Å². The van der Waals surface area contributed by atoms with Gasteiger partial charge in [-0.1, -0.05) is 31.6 Å². The molecule has 1 N–H and O–H groups in total. The molecule has 0 aromatic rings. The van der Waals surface area contributed by atoms with Crippen molar-refractivity contribution in [3.8, 4) is 0 Å². The van der Waals surface area contributed by atoms with E-state index < -0.39 is 6.29 Å².